The molecule has 2 aromatic carbocycles. The normalized spacial score (nSPS) is 14.3. The van der Waals surface area contributed by atoms with Gasteiger partial charge in [-0.2, -0.15) is 0 Å². The molecular formula is C31H27FN2O4S. The first-order valence-corrected chi connectivity index (χ1v) is 13.9. The summed E-state index contributed by atoms with van der Waals surface area (Å²) in [4.78, 5) is 29.2. The maximum Gasteiger partial charge on any atom is 0.345 e. The number of aromatic hydroxyl groups is 1. The fraction of sp³-hybridized carbons (Fsp3) is 0.258. The molecule has 0 radical (unpaired) electrons. The van der Waals surface area contributed by atoms with Crippen LogP contribution in [0.3, 0.4) is 0 Å². The summed E-state index contributed by atoms with van der Waals surface area (Å²) in [6, 6.07) is 15.1. The maximum atomic E-state index is 14.4. The fourth-order valence-corrected chi connectivity index (χ4v) is 6.98. The number of aromatic nitrogens is 2. The summed E-state index contributed by atoms with van der Waals surface area (Å²) >= 11 is 1.29. The summed E-state index contributed by atoms with van der Waals surface area (Å²) in [6.45, 7) is 1.70. The highest BCUT2D eigenvalue weighted by atomic mass is 32.1. The summed E-state index contributed by atoms with van der Waals surface area (Å²) in [5, 5.41) is 20.4. The number of fused-ring (bicyclic) bond motifs is 2. The SMILES string of the molecule is CC(=O)Cn1c(-c2ccc3nc(-c4cc(O)ccc4F)ccc3c2)c(C2CCCCC2)c2sc(C(=O)O)cc21. The number of carbonyl (C=O) groups excluding carboxylic acids is 1. The molecule has 3 aromatic heterocycles. The van der Waals surface area contributed by atoms with Crippen molar-refractivity contribution in [1.29, 1.82) is 0 Å². The molecule has 1 fully saturated rings. The lowest BCUT2D eigenvalue weighted by molar-refractivity contribution is -0.117. The lowest BCUT2D eigenvalue weighted by Gasteiger charge is -2.23. The zero-order valence-corrected chi connectivity index (χ0v) is 22.2. The third kappa shape index (κ3) is 4.59. The van der Waals surface area contributed by atoms with E-state index in [0.717, 1.165) is 58.1 Å². The molecule has 6 nitrogen and oxygen atoms in total. The Hall–Kier alpha value is -4.04. The van der Waals surface area contributed by atoms with Gasteiger partial charge in [-0.25, -0.2) is 14.2 Å². The first kappa shape index (κ1) is 25.2. The lowest BCUT2D eigenvalue weighted by atomic mass is 9.83. The highest BCUT2D eigenvalue weighted by Crippen LogP contribution is 2.47. The van der Waals surface area contributed by atoms with Gasteiger partial charge in [-0.15, -0.1) is 11.3 Å². The number of ketones is 1. The van der Waals surface area contributed by atoms with Gasteiger partial charge in [0.05, 0.1) is 33.7 Å². The minimum absolute atomic E-state index is 0.00772. The molecule has 6 rings (SSSR count). The van der Waals surface area contributed by atoms with Gasteiger partial charge >= 0.3 is 5.97 Å². The van der Waals surface area contributed by atoms with E-state index in [2.05, 4.69) is 4.98 Å². The van der Waals surface area contributed by atoms with Crippen LogP contribution in [0.4, 0.5) is 4.39 Å². The van der Waals surface area contributed by atoms with Gasteiger partial charge in [-0.1, -0.05) is 31.4 Å². The molecular weight excluding hydrogens is 515 g/mol. The number of hydrogen-bond donors (Lipinski definition) is 2. The number of carboxylic acids is 1. The second kappa shape index (κ2) is 9.93. The summed E-state index contributed by atoms with van der Waals surface area (Å²) in [5.74, 6) is -1.17. The second-order valence-corrected chi connectivity index (χ2v) is 11.3. The van der Waals surface area contributed by atoms with Crippen LogP contribution in [0.1, 0.15) is 60.2 Å². The van der Waals surface area contributed by atoms with Crippen molar-refractivity contribution < 1.29 is 24.2 Å². The van der Waals surface area contributed by atoms with Crippen molar-refractivity contribution in [3.63, 3.8) is 0 Å². The van der Waals surface area contributed by atoms with Crippen molar-refractivity contribution in [3.05, 3.63) is 70.9 Å². The van der Waals surface area contributed by atoms with Crippen molar-refractivity contribution in [2.75, 3.05) is 0 Å². The maximum absolute atomic E-state index is 14.4. The number of aromatic carboxylic acids is 1. The Kier molecular flexibility index (Phi) is 6.43. The van der Waals surface area contributed by atoms with Crippen molar-refractivity contribution in [2.24, 2.45) is 0 Å². The number of phenolic OH excluding ortho intramolecular Hbond substituents is 1. The van der Waals surface area contributed by atoms with E-state index in [1.54, 1.807) is 19.1 Å². The van der Waals surface area contributed by atoms with Crippen LogP contribution < -0.4 is 0 Å². The molecule has 5 aromatic rings. The topological polar surface area (TPSA) is 92.4 Å². The van der Waals surface area contributed by atoms with E-state index in [9.17, 15) is 24.2 Å². The third-order valence-corrected chi connectivity index (χ3v) is 8.71. The highest BCUT2D eigenvalue weighted by molar-refractivity contribution is 7.21. The number of carboxylic acid groups (broad SMARTS) is 1. The largest absolute Gasteiger partial charge is 0.508 e. The number of carbonyl (C=O) groups is 2. The molecule has 198 valence electrons. The first-order valence-electron chi connectivity index (χ1n) is 13.1. The molecule has 0 unspecified atom stereocenters. The van der Waals surface area contributed by atoms with Gasteiger partial charge in [0.2, 0.25) is 0 Å². The summed E-state index contributed by atoms with van der Waals surface area (Å²) < 4.78 is 17.4. The number of pyridine rings is 1. The highest BCUT2D eigenvalue weighted by Gasteiger charge is 2.29. The lowest BCUT2D eigenvalue weighted by Crippen LogP contribution is -2.10. The van der Waals surface area contributed by atoms with Gasteiger partial charge in [0.15, 0.2) is 0 Å². The number of benzene rings is 2. The Morgan fingerprint density at radius 2 is 1.85 bits per heavy atom. The van der Waals surface area contributed by atoms with Gasteiger partial charge in [0, 0.05) is 10.9 Å². The van der Waals surface area contributed by atoms with Crippen LogP contribution >= 0.6 is 11.3 Å². The van der Waals surface area contributed by atoms with Crippen molar-refractivity contribution in [3.8, 4) is 28.3 Å². The Morgan fingerprint density at radius 3 is 2.59 bits per heavy atom. The minimum Gasteiger partial charge on any atom is -0.508 e. The van der Waals surface area contributed by atoms with Gasteiger partial charge in [0.1, 0.15) is 22.2 Å². The zero-order chi connectivity index (χ0) is 27.3. The molecule has 3 heterocycles. The zero-order valence-electron chi connectivity index (χ0n) is 21.4. The Balaban J connectivity index is 1.54. The van der Waals surface area contributed by atoms with Gasteiger partial charge in [-0.05, 0) is 79.3 Å². The number of thiophene rings is 1. The summed E-state index contributed by atoms with van der Waals surface area (Å²) in [5.41, 5.74) is 5.14. The van der Waals surface area contributed by atoms with E-state index in [1.165, 1.54) is 36.0 Å². The van der Waals surface area contributed by atoms with Gasteiger partial charge in [0.25, 0.3) is 0 Å². The Labute approximate surface area is 228 Å². The van der Waals surface area contributed by atoms with E-state index in [4.69, 9.17) is 0 Å². The molecule has 8 heteroatoms. The van der Waals surface area contributed by atoms with Crippen LogP contribution in [0, 0.1) is 5.82 Å². The molecule has 0 aliphatic heterocycles. The van der Waals surface area contributed by atoms with Crippen LogP contribution in [0.2, 0.25) is 0 Å². The molecule has 1 aliphatic rings. The van der Waals surface area contributed by atoms with Crippen molar-refractivity contribution >= 4 is 44.2 Å². The molecule has 0 atom stereocenters. The Bertz CT molecular complexity index is 1760. The van der Waals surface area contributed by atoms with Gasteiger partial charge in [-0.3, -0.25) is 4.79 Å². The number of Topliss-reactive ketones (excluding diaryl/α,β-unsaturated/α-hetero) is 1. The molecule has 2 N–H and O–H groups in total. The van der Waals surface area contributed by atoms with E-state index in [1.807, 2.05) is 28.8 Å². The number of hydrogen-bond acceptors (Lipinski definition) is 5. The smallest absolute Gasteiger partial charge is 0.345 e. The first-order chi connectivity index (χ1) is 18.8. The fourth-order valence-electron chi connectivity index (χ4n) is 5.85. The van der Waals surface area contributed by atoms with Crippen LogP contribution in [0.15, 0.2) is 54.6 Å². The molecule has 1 saturated carbocycles. The third-order valence-electron chi connectivity index (χ3n) is 7.57. The monoisotopic (exact) mass is 542 g/mol. The summed E-state index contributed by atoms with van der Waals surface area (Å²) in [6.07, 6.45) is 5.49. The van der Waals surface area contributed by atoms with E-state index >= 15 is 0 Å². The van der Waals surface area contributed by atoms with Crippen molar-refractivity contribution in [1.82, 2.24) is 9.55 Å². The van der Waals surface area contributed by atoms with Crippen LogP contribution in [0.25, 0.3) is 43.6 Å². The predicted octanol–water partition coefficient (Wildman–Crippen LogP) is 7.76. The molecule has 0 amide bonds. The van der Waals surface area contributed by atoms with E-state index in [-0.39, 0.29) is 34.4 Å². The van der Waals surface area contributed by atoms with E-state index < -0.39 is 11.8 Å². The quantitative estimate of drug-likeness (QED) is 0.229. The molecule has 39 heavy (non-hydrogen) atoms. The number of rotatable bonds is 6. The average Bonchev–Trinajstić information content (AvgIpc) is 3.48. The van der Waals surface area contributed by atoms with Crippen LogP contribution in [0.5, 0.6) is 5.75 Å². The van der Waals surface area contributed by atoms with Crippen LogP contribution in [-0.2, 0) is 11.3 Å². The standard InChI is InChI=1S/C31H27FN2O4S/c1-17(35)16-34-26-15-27(31(37)38)39-30(26)28(18-5-3-2-4-6-18)29(34)20-8-11-24-19(13-20)7-12-25(33-24)22-14-21(36)9-10-23(22)32/h7-15,18,36H,2-6,16H2,1H3,(H,37,38). The summed E-state index contributed by atoms with van der Waals surface area (Å²) in [7, 11) is 0. The molecule has 1 aliphatic carbocycles. The Morgan fingerprint density at radius 1 is 1.05 bits per heavy atom. The van der Waals surface area contributed by atoms with E-state index in [0.29, 0.717) is 11.2 Å². The van der Waals surface area contributed by atoms with Crippen LogP contribution in [-0.4, -0.2) is 31.5 Å². The molecule has 0 spiro atoms. The number of phenols is 1. The minimum atomic E-state index is -0.961. The number of nitrogens with zero attached hydrogens (tertiary/aromatic N) is 2. The number of halogens is 1. The van der Waals surface area contributed by atoms with Gasteiger partial charge < -0.3 is 14.8 Å². The second-order valence-electron chi connectivity index (χ2n) is 10.3. The average molecular weight is 543 g/mol. The van der Waals surface area contributed by atoms with Crippen molar-refractivity contribution in [2.45, 2.75) is 51.5 Å². The molecule has 0 saturated heterocycles. The predicted molar refractivity (Wildman–Crippen MR) is 151 cm³/mol. The molecule has 0 bridgehead atoms.